The number of carbonyl (C=O) groups is 1. The number of hydrogen-bond acceptors (Lipinski definition) is 6. The van der Waals surface area contributed by atoms with Crippen LogP contribution in [0, 0.1) is 6.92 Å². The molecule has 12 heteroatoms. The normalized spacial score (nSPS) is 15.6. The number of benzene rings is 1. The largest absolute Gasteiger partial charge is 0.416 e. The molecule has 3 aromatic rings. The number of thiazole rings is 1. The number of aromatic nitrogens is 2. The first-order chi connectivity index (χ1) is 15.6. The quantitative estimate of drug-likeness (QED) is 0.550. The summed E-state index contributed by atoms with van der Waals surface area (Å²) in [5, 5.41) is 0.625. The molecule has 1 aromatic carbocycles. The molecule has 0 N–H and O–H groups in total. The van der Waals surface area contributed by atoms with Crippen LogP contribution in [0.25, 0.3) is 10.7 Å². The van der Waals surface area contributed by atoms with Crippen LogP contribution >= 0.6 is 11.3 Å². The van der Waals surface area contributed by atoms with Gasteiger partial charge in [0.15, 0.2) is 0 Å². The molecule has 33 heavy (non-hydrogen) atoms. The summed E-state index contributed by atoms with van der Waals surface area (Å²) in [7, 11) is -3.97. The number of rotatable bonds is 4. The van der Waals surface area contributed by atoms with E-state index in [1.165, 1.54) is 15.6 Å². The fraction of sp³-hybridized carbons (Fsp3) is 0.286. The van der Waals surface area contributed by atoms with Crippen LogP contribution in [-0.4, -0.2) is 59.7 Å². The van der Waals surface area contributed by atoms with E-state index in [-0.39, 0.29) is 37.0 Å². The lowest BCUT2D eigenvalue weighted by molar-refractivity contribution is -0.137. The smallest absolute Gasteiger partial charge is 0.335 e. The number of hydrogen-bond donors (Lipinski definition) is 0. The maximum Gasteiger partial charge on any atom is 0.416 e. The van der Waals surface area contributed by atoms with Crippen LogP contribution in [-0.2, 0) is 16.2 Å². The van der Waals surface area contributed by atoms with E-state index in [0.717, 1.165) is 24.3 Å². The Hall–Kier alpha value is -2.83. The summed E-state index contributed by atoms with van der Waals surface area (Å²) < 4.78 is 65.1. The summed E-state index contributed by atoms with van der Waals surface area (Å²) in [5.41, 5.74) is 0.324. The van der Waals surface area contributed by atoms with Gasteiger partial charge in [-0.25, -0.2) is 13.4 Å². The monoisotopic (exact) mass is 496 g/mol. The predicted molar refractivity (Wildman–Crippen MR) is 116 cm³/mol. The maximum absolute atomic E-state index is 13.0. The summed E-state index contributed by atoms with van der Waals surface area (Å²) in [6, 6.07) is 8.82. The highest BCUT2D eigenvalue weighted by molar-refractivity contribution is 7.89. The number of halogens is 3. The van der Waals surface area contributed by atoms with Crippen LogP contribution in [0.2, 0.25) is 0 Å². The number of piperazine rings is 1. The molecule has 0 bridgehead atoms. The summed E-state index contributed by atoms with van der Waals surface area (Å²) in [4.78, 5) is 23.5. The first-order valence-corrected chi connectivity index (χ1v) is 12.2. The average molecular weight is 497 g/mol. The summed E-state index contributed by atoms with van der Waals surface area (Å²) >= 11 is 1.23. The zero-order valence-electron chi connectivity index (χ0n) is 17.4. The lowest BCUT2D eigenvalue weighted by atomic mass is 10.2. The molecule has 0 unspecified atom stereocenters. The van der Waals surface area contributed by atoms with Crippen LogP contribution in [0.5, 0.6) is 0 Å². The topological polar surface area (TPSA) is 83.5 Å². The van der Waals surface area contributed by atoms with Gasteiger partial charge < -0.3 is 4.90 Å². The Bertz CT molecular complexity index is 1250. The molecule has 1 aliphatic rings. The minimum atomic E-state index is -4.54. The van der Waals surface area contributed by atoms with Crippen molar-refractivity contribution in [2.24, 2.45) is 0 Å². The third-order valence-electron chi connectivity index (χ3n) is 5.22. The highest BCUT2D eigenvalue weighted by Crippen LogP contribution is 2.31. The molecule has 1 aliphatic heterocycles. The van der Waals surface area contributed by atoms with E-state index in [1.54, 1.807) is 30.2 Å². The molecule has 1 fully saturated rings. The van der Waals surface area contributed by atoms with E-state index in [0.29, 0.717) is 21.3 Å². The van der Waals surface area contributed by atoms with E-state index < -0.39 is 21.8 Å². The minimum Gasteiger partial charge on any atom is -0.335 e. The standard InChI is InChI=1S/C21H19F3N4O3S2/c1-14-18(32-19(26-14)17-4-2-3-9-25-17)20(29)27-10-12-28(13-11-27)33(30,31)16-7-5-15(6-8-16)21(22,23)24/h2-9H,10-13H2,1H3. The summed E-state index contributed by atoms with van der Waals surface area (Å²) in [5.74, 6) is -0.237. The van der Waals surface area contributed by atoms with Gasteiger partial charge in [-0.3, -0.25) is 9.78 Å². The van der Waals surface area contributed by atoms with Crippen molar-refractivity contribution in [2.75, 3.05) is 26.2 Å². The SMILES string of the molecule is Cc1nc(-c2ccccn2)sc1C(=O)N1CCN(S(=O)(=O)c2ccc(C(F)(F)F)cc2)CC1. The van der Waals surface area contributed by atoms with Gasteiger partial charge in [0.1, 0.15) is 9.88 Å². The number of amides is 1. The molecule has 1 amide bonds. The molecule has 0 spiro atoms. The second-order valence-corrected chi connectivity index (χ2v) is 10.3. The molecular weight excluding hydrogens is 477 g/mol. The van der Waals surface area contributed by atoms with Crippen LogP contribution in [0.4, 0.5) is 13.2 Å². The van der Waals surface area contributed by atoms with Crippen molar-refractivity contribution < 1.29 is 26.4 Å². The van der Waals surface area contributed by atoms with Gasteiger partial charge in [-0.05, 0) is 43.3 Å². The van der Waals surface area contributed by atoms with Crippen molar-refractivity contribution in [1.82, 2.24) is 19.2 Å². The molecule has 0 radical (unpaired) electrons. The van der Waals surface area contributed by atoms with E-state index in [4.69, 9.17) is 0 Å². The Balaban J connectivity index is 1.44. The number of aryl methyl sites for hydroxylation is 1. The molecular formula is C21H19F3N4O3S2. The van der Waals surface area contributed by atoms with Gasteiger partial charge in [0, 0.05) is 32.4 Å². The second-order valence-electron chi connectivity index (χ2n) is 7.37. The number of pyridine rings is 1. The molecule has 4 rings (SSSR count). The summed E-state index contributed by atoms with van der Waals surface area (Å²) in [6.07, 6.45) is -2.90. The van der Waals surface area contributed by atoms with Gasteiger partial charge in [-0.2, -0.15) is 17.5 Å². The highest BCUT2D eigenvalue weighted by atomic mass is 32.2. The zero-order chi connectivity index (χ0) is 23.8. The molecule has 2 aromatic heterocycles. The van der Waals surface area contributed by atoms with Gasteiger partial charge in [0.2, 0.25) is 10.0 Å². The van der Waals surface area contributed by atoms with Gasteiger partial charge in [-0.15, -0.1) is 11.3 Å². The lowest BCUT2D eigenvalue weighted by Gasteiger charge is -2.33. The van der Waals surface area contributed by atoms with E-state index in [1.807, 2.05) is 6.07 Å². The number of sulfonamides is 1. The van der Waals surface area contributed by atoms with Crippen LogP contribution < -0.4 is 0 Å². The highest BCUT2D eigenvalue weighted by Gasteiger charge is 2.34. The van der Waals surface area contributed by atoms with Gasteiger partial charge in [-0.1, -0.05) is 6.07 Å². The Kier molecular flexibility index (Phi) is 6.25. The lowest BCUT2D eigenvalue weighted by Crippen LogP contribution is -2.50. The van der Waals surface area contributed by atoms with Crippen molar-refractivity contribution in [3.05, 3.63) is 64.8 Å². The van der Waals surface area contributed by atoms with Crippen molar-refractivity contribution in [3.8, 4) is 10.7 Å². The fourth-order valence-electron chi connectivity index (χ4n) is 3.43. The fourth-order valence-corrected chi connectivity index (χ4v) is 5.87. The van der Waals surface area contributed by atoms with Crippen molar-refractivity contribution in [3.63, 3.8) is 0 Å². The van der Waals surface area contributed by atoms with Crippen LogP contribution in [0.3, 0.4) is 0 Å². The van der Waals surface area contributed by atoms with Crippen LogP contribution in [0.15, 0.2) is 53.6 Å². The molecule has 1 saturated heterocycles. The molecule has 0 aliphatic carbocycles. The number of alkyl halides is 3. The predicted octanol–water partition coefficient (Wildman–Crippen LogP) is 3.68. The second kappa shape index (κ2) is 8.84. The van der Waals surface area contributed by atoms with Crippen molar-refractivity contribution >= 4 is 27.3 Å². The van der Waals surface area contributed by atoms with Gasteiger partial charge in [0.25, 0.3) is 5.91 Å². The Morgan fingerprint density at radius 1 is 1.03 bits per heavy atom. The minimum absolute atomic E-state index is 0.0417. The molecule has 3 heterocycles. The first-order valence-electron chi connectivity index (χ1n) is 9.93. The van der Waals surface area contributed by atoms with E-state index in [2.05, 4.69) is 9.97 Å². The van der Waals surface area contributed by atoms with Crippen molar-refractivity contribution in [2.45, 2.75) is 18.0 Å². The van der Waals surface area contributed by atoms with Gasteiger partial charge >= 0.3 is 6.18 Å². The third-order valence-corrected chi connectivity index (χ3v) is 8.30. The molecule has 7 nitrogen and oxygen atoms in total. The number of nitrogens with zero attached hydrogens (tertiary/aromatic N) is 4. The van der Waals surface area contributed by atoms with Crippen LogP contribution in [0.1, 0.15) is 20.9 Å². The average Bonchev–Trinajstić information content (AvgIpc) is 3.20. The molecule has 174 valence electrons. The van der Waals surface area contributed by atoms with E-state index in [9.17, 15) is 26.4 Å². The molecule has 0 atom stereocenters. The zero-order valence-corrected chi connectivity index (χ0v) is 19.0. The molecule has 0 saturated carbocycles. The summed E-state index contributed by atoms with van der Waals surface area (Å²) in [6.45, 7) is 2.14. The Morgan fingerprint density at radius 3 is 2.27 bits per heavy atom. The van der Waals surface area contributed by atoms with Crippen molar-refractivity contribution in [1.29, 1.82) is 0 Å². The number of carbonyl (C=O) groups excluding carboxylic acids is 1. The van der Waals surface area contributed by atoms with Gasteiger partial charge in [0.05, 0.1) is 21.8 Å². The Morgan fingerprint density at radius 2 is 1.70 bits per heavy atom. The van der Waals surface area contributed by atoms with E-state index >= 15 is 0 Å². The Labute approximate surface area is 192 Å². The maximum atomic E-state index is 13.0. The third kappa shape index (κ3) is 4.77. The first kappa shape index (κ1) is 23.3.